The number of halogens is 1. The van der Waals surface area contributed by atoms with Crippen molar-refractivity contribution in [2.24, 2.45) is 0 Å². The molecule has 0 aliphatic heterocycles. The largest absolute Gasteiger partial charge is 0.508 e. The van der Waals surface area contributed by atoms with Gasteiger partial charge in [-0.05, 0) is 65.9 Å². The highest BCUT2D eigenvalue weighted by atomic mass is 127. The highest BCUT2D eigenvalue weighted by Gasteiger charge is 2.16. The summed E-state index contributed by atoms with van der Waals surface area (Å²) < 4.78 is 1.09. The van der Waals surface area contributed by atoms with E-state index in [2.05, 4.69) is 22.6 Å². The van der Waals surface area contributed by atoms with Gasteiger partial charge in [0.1, 0.15) is 5.75 Å². The van der Waals surface area contributed by atoms with Crippen LogP contribution in [-0.2, 0) is 0 Å². The first-order valence-electron chi connectivity index (χ1n) is 5.98. The fourth-order valence-corrected chi connectivity index (χ4v) is 2.21. The minimum Gasteiger partial charge on any atom is -0.508 e. The number of benzene rings is 2. The Morgan fingerprint density at radius 2 is 1.89 bits per heavy atom. The van der Waals surface area contributed by atoms with Gasteiger partial charge in [-0.15, -0.1) is 0 Å². The van der Waals surface area contributed by atoms with Crippen molar-refractivity contribution < 1.29 is 9.90 Å². The topological polar surface area (TPSA) is 40.5 Å². The number of carbonyl (C=O) groups excluding carboxylic acids is 1. The average Bonchev–Trinajstić information content (AvgIpc) is 2.40. The average molecular weight is 367 g/mol. The van der Waals surface area contributed by atoms with Gasteiger partial charge in [-0.25, -0.2) is 0 Å². The van der Waals surface area contributed by atoms with Crippen LogP contribution in [0.25, 0.3) is 0 Å². The zero-order chi connectivity index (χ0) is 13.8. The highest BCUT2D eigenvalue weighted by Crippen LogP contribution is 2.22. The minimum absolute atomic E-state index is 0.0653. The number of phenolic OH excluding ortho intramolecular Hbond substituents is 1. The molecule has 0 aliphatic carbocycles. The second kappa shape index (κ2) is 6.06. The molecule has 1 amide bonds. The van der Waals surface area contributed by atoms with E-state index in [4.69, 9.17) is 0 Å². The maximum absolute atomic E-state index is 12.4. The molecule has 19 heavy (non-hydrogen) atoms. The summed E-state index contributed by atoms with van der Waals surface area (Å²) in [5.74, 6) is 0.0934. The van der Waals surface area contributed by atoms with Gasteiger partial charge in [0.25, 0.3) is 5.91 Å². The third-order valence-electron chi connectivity index (χ3n) is 2.79. The second-order valence-electron chi connectivity index (χ2n) is 4.08. The molecule has 0 saturated heterocycles. The molecule has 0 aliphatic rings. The molecule has 3 nitrogen and oxygen atoms in total. The van der Waals surface area contributed by atoms with E-state index in [0.29, 0.717) is 17.8 Å². The Balaban J connectivity index is 2.31. The molecule has 4 heteroatoms. The molecule has 98 valence electrons. The van der Waals surface area contributed by atoms with Crippen molar-refractivity contribution in [2.75, 3.05) is 11.4 Å². The summed E-state index contributed by atoms with van der Waals surface area (Å²) in [7, 11) is 0. The molecule has 0 unspecified atom stereocenters. The second-order valence-corrected chi connectivity index (χ2v) is 5.32. The lowest BCUT2D eigenvalue weighted by atomic mass is 10.2. The molecule has 2 aromatic rings. The first kappa shape index (κ1) is 13.9. The van der Waals surface area contributed by atoms with Gasteiger partial charge in [-0.2, -0.15) is 0 Å². The van der Waals surface area contributed by atoms with E-state index < -0.39 is 0 Å². The molecule has 0 radical (unpaired) electrons. The van der Waals surface area contributed by atoms with Crippen molar-refractivity contribution in [1.82, 2.24) is 0 Å². The number of hydrogen-bond donors (Lipinski definition) is 1. The van der Waals surface area contributed by atoms with E-state index in [-0.39, 0.29) is 11.7 Å². The smallest absolute Gasteiger partial charge is 0.258 e. The van der Waals surface area contributed by atoms with E-state index in [0.717, 1.165) is 3.57 Å². The van der Waals surface area contributed by atoms with E-state index in [1.54, 1.807) is 23.1 Å². The number of amides is 1. The lowest BCUT2D eigenvalue weighted by molar-refractivity contribution is 0.0988. The quantitative estimate of drug-likeness (QED) is 0.842. The molecule has 2 aromatic carbocycles. The number of aromatic hydroxyl groups is 1. The van der Waals surface area contributed by atoms with Crippen LogP contribution in [0.1, 0.15) is 17.3 Å². The zero-order valence-corrected chi connectivity index (χ0v) is 12.7. The van der Waals surface area contributed by atoms with Crippen molar-refractivity contribution in [2.45, 2.75) is 6.92 Å². The van der Waals surface area contributed by atoms with Crippen LogP contribution in [0, 0.1) is 3.57 Å². The normalized spacial score (nSPS) is 10.2. The van der Waals surface area contributed by atoms with E-state index >= 15 is 0 Å². The van der Waals surface area contributed by atoms with Crippen LogP contribution in [0.15, 0.2) is 48.5 Å². The summed E-state index contributed by atoms with van der Waals surface area (Å²) in [4.78, 5) is 14.1. The monoisotopic (exact) mass is 367 g/mol. The number of nitrogens with zero attached hydrogens (tertiary/aromatic N) is 1. The summed E-state index contributed by atoms with van der Waals surface area (Å²) in [5.41, 5.74) is 1.34. The van der Waals surface area contributed by atoms with Gasteiger partial charge in [0.2, 0.25) is 0 Å². The number of carbonyl (C=O) groups is 1. The standard InChI is InChI=1S/C15H14INO2/c1-2-17(13-4-3-5-14(18)10-13)15(19)11-6-8-12(16)9-7-11/h3-10,18H,2H2,1H3. The molecule has 0 aromatic heterocycles. The molecule has 0 heterocycles. The molecule has 0 bridgehead atoms. The van der Waals surface area contributed by atoms with Gasteiger partial charge in [0, 0.05) is 27.4 Å². The van der Waals surface area contributed by atoms with Crippen LogP contribution in [0.4, 0.5) is 5.69 Å². The van der Waals surface area contributed by atoms with Crippen LogP contribution in [0.5, 0.6) is 5.75 Å². The predicted molar refractivity (Wildman–Crippen MR) is 84.6 cm³/mol. The number of hydrogen-bond acceptors (Lipinski definition) is 2. The number of phenols is 1. The fourth-order valence-electron chi connectivity index (χ4n) is 1.85. The minimum atomic E-state index is -0.0653. The SMILES string of the molecule is CCN(C(=O)c1ccc(I)cc1)c1cccc(O)c1. The summed E-state index contributed by atoms with van der Waals surface area (Å²) in [6.07, 6.45) is 0. The Hall–Kier alpha value is -1.56. The van der Waals surface area contributed by atoms with Gasteiger partial charge in [-0.1, -0.05) is 6.07 Å². The van der Waals surface area contributed by atoms with E-state index in [1.165, 1.54) is 0 Å². The molecule has 1 N–H and O–H groups in total. The van der Waals surface area contributed by atoms with Gasteiger partial charge in [0.05, 0.1) is 0 Å². The summed E-state index contributed by atoms with van der Waals surface area (Å²) >= 11 is 2.20. The van der Waals surface area contributed by atoms with Crippen molar-refractivity contribution in [3.8, 4) is 5.75 Å². The molecule has 0 fully saturated rings. The molecule has 0 atom stereocenters. The van der Waals surface area contributed by atoms with E-state index in [1.807, 2.05) is 37.3 Å². The van der Waals surface area contributed by atoms with Crippen molar-refractivity contribution in [3.63, 3.8) is 0 Å². The third kappa shape index (κ3) is 3.26. The fraction of sp³-hybridized carbons (Fsp3) is 0.133. The Morgan fingerprint density at radius 3 is 2.47 bits per heavy atom. The highest BCUT2D eigenvalue weighted by molar-refractivity contribution is 14.1. The molecule has 0 saturated carbocycles. The Labute approximate surface area is 126 Å². The zero-order valence-electron chi connectivity index (χ0n) is 10.5. The molecular weight excluding hydrogens is 353 g/mol. The van der Waals surface area contributed by atoms with Crippen LogP contribution >= 0.6 is 22.6 Å². The first-order valence-corrected chi connectivity index (χ1v) is 7.06. The molecule has 0 spiro atoms. The maximum Gasteiger partial charge on any atom is 0.258 e. The predicted octanol–water partition coefficient (Wildman–Crippen LogP) is 3.66. The van der Waals surface area contributed by atoms with Crippen LogP contribution < -0.4 is 4.90 Å². The van der Waals surface area contributed by atoms with Crippen molar-refractivity contribution >= 4 is 34.2 Å². The van der Waals surface area contributed by atoms with Crippen molar-refractivity contribution in [3.05, 3.63) is 57.7 Å². The van der Waals surface area contributed by atoms with Gasteiger partial charge >= 0.3 is 0 Å². The van der Waals surface area contributed by atoms with Crippen LogP contribution in [0.2, 0.25) is 0 Å². The van der Waals surface area contributed by atoms with Gasteiger partial charge in [-0.3, -0.25) is 4.79 Å². The van der Waals surface area contributed by atoms with Gasteiger partial charge < -0.3 is 10.0 Å². The van der Waals surface area contributed by atoms with Gasteiger partial charge in [0.15, 0.2) is 0 Å². The first-order chi connectivity index (χ1) is 9.11. The maximum atomic E-state index is 12.4. The number of anilines is 1. The van der Waals surface area contributed by atoms with Crippen molar-refractivity contribution in [1.29, 1.82) is 0 Å². The summed E-state index contributed by atoms with van der Waals surface area (Å²) in [6.45, 7) is 2.46. The van der Waals surface area contributed by atoms with Crippen LogP contribution in [-0.4, -0.2) is 17.6 Å². The molecular formula is C15H14INO2. The molecule has 2 rings (SSSR count). The van der Waals surface area contributed by atoms with E-state index in [9.17, 15) is 9.90 Å². The number of rotatable bonds is 3. The van der Waals surface area contributed by atoms with Crippen LogP contribution in [0.3, 0.4) is 0 Å². The summed E-state index contributed by atoms with van der Waals surface area (Å²) in [5, 5.41) is 9.51. The Kier molecular flexibility index (Phi) is 4.42. The Morgan fingerprint density at radius 1 is 1.21 bits per heavy atom. The lowest BCUT2D eigenvalue weighted by Crippen LogP contribution is -2.30. The summed E-state index contributed by atoms with van der Waals surface area (Å²) in [6, 6.07) is 14.2. The Bertz CT molecular complexity index is 581. The lowest BCUT2D eigenvalue weighted by Gasteiger charge is -2.21. The third-order valence-corrected chi connectivity index (χ3v) is 3.51.